The van der Waals surface area contributed by atoms with Crippen LogP contribution >= 0.6 is 35.0 Å². The van der Waals surface area contributed by atoms with Gasteiger partial charge in [-0.05, 0) is 73.3 Å². The first-order chi connectivity index (χ1) is 14.5. The van der Waals surface area contributed by atoms with Gasteiger partial charge in [-0.1, -0.05) is 29.3 Å². The number of thioether (sulfide) groups is 1. The maximum absolute atomic E-state index is 11.9. The lowest BCUT2D eigenvalue weighted by Crippen LogP contribution is -2.18. The maximum atomic E-state index is 11.9. The van der Waals surface area contributed by atoms with Crippen molar-refractivity contribution >= 4 is 57.8 Å². The van der Waals surface area contributed by atoms with E-state index in [1.54, 1.807) is 24.3 Å². The molecule has 152 valence electrons. The molecule has 2 heterocycles. The number of nitrogens with zero attached hydrogens (tertiary/aromatic N) is 1. The molecule has 8 heteroatoms. The predicted molar refractivity (Wildman–Crippen MR) is 123 cm³/mol. The number of hydrogen-bond acceptors (Lipinski definition) is 5. The molecule has 2 aromatic carbocycles. The molecule has 0 saturated carbocycles. The van der Waals surface area contributed by atoms with E-state index in [4.69, 9.17) is 32.4 Å². The molecule has 0 aliphatic carbocycles. The number of benzene rings is 2. The van der Waals surface area contributed by atoms with Crippen molar-refractivity contribution in [1.29, 1.82) is 0 Å². The average Bonchev–Trinajstić information content (AvgIpc) is 3.32. The molecule has 1 amide bonds. The van der Waals surface area contributed by atoms with E-state index in [1.165, 1.54) is 0 Å². The Hall–Kier alpha value is -2.67. The Balaban J connectivity index is 1.61. The van der Waals surface area contributed by atoms with Gasteiger partial charge in [-0.15, -0.1) is 0 Å². The summed E-state index contributed by atoms with van der Waals surface area (Å²) < 4.78 is 11.3. The Morgan fingerprint density at radius 3 is 2.70 bits per heavy atom. The topological polar surface area (TPSA) is 63.8 Å². The van der Waals surface area contributed by atoms with Gasteiger partial charge in [0, 0.05) is 5.56 Å². The van der Waals surface area contributed by atoms with E-state index in [1.807, 2.05) is 43.3 Å². The van der Waals surface area contributed by atoms with Gasteiger partial charge in [0.05, 0.1) is 27.2 Å². The van der Waals surface area contributed by atoms with Gasteiger partial charge >= 0.3 is 0 Å². The largest absolute Gasteiger partial charge is 0.494 e. The number of aliphatic imine (C=N–C) groups is 1. The summed E-state index contributed by atoms with van der Waals surface area (Å²) in [5.74, 6) is 2.39. The van der Waals surface area contributed by atoms with Crippen LogP contribution in [0.2, 0.25) is 10.0 Å². The van der Waals surface area contributed by atoms with E-state index in [2.05, 4.69) is 10.3 Å². The van der Waals surface area contributed by atoms with E-state index in [0.717, 1.165) is 17.5 Å². The number of amidine groups is 1. The summed E-state index contributed by atoms with van der Waals surface area (Å²) in [7, 11) is 0. The Bertz CT molecular complexity index is 1150. The van der Waals surface area contributed by atoms with Crippen molar-refractivity contribution in [2.75, 3.05) is 6.61 Å². The lowest BCUT2D eigenvalue weighted by molar-refractivity contribution is 0.265. The molecule has 1 N–H and O–H groups in total. The number of ether oxygens (including phenoxy) is 1. The van der Waals surface area contributed by atoms with E-state index in [9.17, 15) is 4.79 Å². The molecular formula is C22H16Cl2N2O3S. The Morgan fingerprint density at radius 1 is 1.13 bits per heavy atom. The summed E-state index contributed by atoms with van der Waals surface area (Å²) in [6, 6.07) is 16.3. The minimum absolute atomic E-state index is 0.199. The van der Waals surface area contributed by atoms with Crippen LogP contribution in [-0.4, -0.2) is 17.7 Å². The number of hydrogen-bond donors (Lipinski definition) is 1. The average molecular weight is 459 g/mol. The molecule has 0 unspecified atom stereocenters. The van der Waals surface area contributed by atoms with Gasteiger partial charge in [0.1, 0.15) is 23.1 Å². The first kappa shape index (κ1) is 20.6. The number of furan rings is 1. The van der Waals surface area contributed by atoms with Crippen molar-refractivity contribution in [1.82, 2.24) is 5.32 Å². The van der Waals surface area contributed by atoms with E-state index < -0.39 is 0 Å². The SMILES string of the molecule is CCOc1ccc(N=C2NC(=O)S/C2=C\c2ccc(-c3cccc(Cl)c3Cl)o2)cc1. The van der Waals surface area contributed by atoms with Crippen molar-refractivity contribution in [3.8, 4) is 17.1 Å². The molecule has 1 saturated heterocycles. The number of rotatable bonds is 5. The van der Waals surface area contributed by atoms with Gasteiger partial charge < -0.3 is 14.5 Å². The highest BCUT2D eigenvalue weighted by atomic mass is 35.5. The number of carbonyl (C=O) groups is 1. The number of amides is 1. The second-order valence-corrected chi connectivity index (χ2v) is 8.01. The highest BCUT2D eigenvalue weighted by molar-refractivity contribution is 8.18. The fourth-order valence-corrected chi connectivity index (χ4v) is 3.93. The molecule has 1 aliphatic heterocycles. The van der Waals surface area contributed by atoms with Crippen molar-refractivity contribution in [3.05, 3.63) is 75.3 Å². The fraction of sp³-hybridized carbons (Fsp3) is 0.0909. The molecule has 1 fully saturated rings. The molecule has 0 spiro atoms. The molecule has 3 aromatic rings. The van der Waals surface area contributed by atoms with Gasteiger partial charge in [-0.3, -0.25) is 4.79 Å². The zero-order valence-corrected chi connectivity index (χ0v) is 18.1. The van der Waals surface area contributed by atoms with Gasteiger partial charge in [-0.25, -0.2) is 4.99 Å². The lowest BCUT2D eigenvalue weighted by atomic mass is 10.2. The standard InChI is InChI=1S/C22H16Cl2N2O3S/c1-2-28-14-8-6-13(7-9-14)25-21-19(30-22(27)26-21)12-15-10-11-18(29-15)16-4-3-5-17(23)20(16)24/h3-12H,2H2,1H3,(H,25,26,27)/b19-12-. The summed E-state index contributed by atoms with van der Waals surface area (Å²) in [5, 5.41) is 3.45. The molecule has 0 bridgehead atoms. The number of halogens is 2. The highest BCUT2D eigenvalue weighted by Gasteiger charge is 2.24. The van der Waals surface area contributed by atoms with Crippen LogP contribution in [0.5, 0.6) is 5.75 Å². The van der Waals surface area contributed by atoms with Crippen LogP contribution in [0.4, 0.5) is 10.5 Å². The van der Waals surface area contributed by atoms with Gasteiger partial charge in [0.2, 0.25) is 0 Å². The van der Waals surface area contributed by atoms with Crippen LogP contribution in [0.3, 0.4) is 0 Å². The van der Waals surface area contributed by atoms with Crippen molar-refractivity contribution in [2.24, 2.45) is 4.99 Å². The monoisotopic (exact) mass is 458 g/mol. The van der Waals surface area contributed by atoms with Crippen LogP contribution in [-0.2, 0) is 0 Å². The lowest BCUT2D eigenvalue weighted by Gasteiger charge is -2.03. The minimum atomic E-state index is -0.199. The highest BCUT2D eigenvalue weighted by Crippen LogP contribution is 2.35. The Labute approximate surface area is 187 Å². The molecule has 1 aliphatic rings. The molecule has 0 atom stereocenters. The van der Waals surface area contributed by atoms with E-state index in [0.29, 0.717) is 50.2 Å². The third kappa shape index (κ3) is 4.56. The Morgan fingerprint density at radius 2 is 1.93 bits per heavy atom. The molecule has 4 rings (SSSR count). The van der Waals surface area contributed by atoms with Crippen LogP contribution in [0, 0.1) is 0 Å². The van der Waals surface area contributed by atoms with Gasteiger partial charge in [0.25, 0.3) is 5.24 Å². The first-order valence-electron chi connectivity index (χ1n) is 9.10. The normalized spacial score (nSPS) is 16.3. The van der Waals surface area contributed by atoms with Crippen molar-refractivity contribution in [3.63, 3.8) is 0 Å². The quantitative estimate of drug-likeness (QED) is 0.439. The summed E-state index contributed by atoms with van der Waals surface area (Å²) >= 11 is 13.4. The van der Waals surface area contributed by atoms with Crippen LogP contribution in [0.1, 0.15) is 12.7 Å². The van der Waals surface area contributed by atoms with Crippen molar-refractivity contribution in [2.45, 2.75) is 6.92 Å². The number of carbonyl (C=O) groups excluding carboxylic acids is 1. The first-order valence-corrected chi connectivity index (χ1v) is 10.7. The second-order valence-electron chi connectivity index (χ2n) is 6.21. The fourth-order valence-electron chi connectivity index (χ4n) is 2.82. The van der Waals surface area contributed by atoms with Gasteiger partial charge in [0.15, 0.2) is 0 Å². The smallest absolute Gasteiger partial charge is 0.289 e. The summed E-state index contributed by atoms with van der Waals surface area (Å²) in [6.07, 6.45) is 1.76. The molecule has 30 heavy (non-hydrogen) atoms. The predicted octanol–water partition coefficient (Wildman–Crippen LogP) is 7.18. The van der Waals surface area contributed by atoms with Crippen molar-refractivity contribution < 1.29 is 13.9 Å². The maximum Gasteiger partial charge on any atom is 0.289 e. The molecular weight excluding hydrogens is 443 g/mol. The summed E-state index contributed by atoms with van der Waals surface area (Å²) in [5.41, 5.74) is 1.40. The summed E-state index contributed by atoms with van der Waals surface area (Å²) in [4.78, 5) is 17.1. The van der Waals surface area contributed by atoms with Crippen LogP contribution in [0.25, 0.3) is 17.4 Å². The third-order valence-corrected chi connectivity index (χ3v) is 5.80. The molecule has 0 radical (unpaired) electrons. The summed E-state index contributed by atoms with van der Waals surface area (Å²) in [6.45, 7) is 2.52. The van der Waals surface area contributed by atoms with Gasteiger partial charge in [-0.2, -0.15) is 0 Å². The Kier molecular flexibility index (Phi) is 6.18. The zero-order valence-electron chi connectivity index (χ0n) is 15.8. The van der Waals surface area contributed by atoms with Crippen LogP contribution < -0.4 is 10.1 Å². The molecule has 5 nitrogen and oxygen atoms in total. The third-order valence-electron chi connectivity index (χ3n) is 4.16. The van der Waals surface area contributed by atoms with Crippen LogP contribution in [0.15, 0.2) is 68.9 Å². The molecule has 1 aromatic heterocycles. The zero-order chi connectivity index (χ0) is 21.1. The second kappa shape index (κ2) is 9.00. The van der Waals surface area contributed by atoms with E-state index in [-0.39, 0.29) is 5.24 Å². The minimum Gasteiger partial charge on any atom is -0.494 e. The van der Waals surface area contributed by atoms with E-state index >= 15 is 0 Å². The number of nitrogens with one attached hydrogen (secondary N) is 1.